The summed E-state index contributed by atoms with van der Waals surface area (Å²) >= 11 is 2.19. The number of aromatic nitrogens is 1. The molecule has 0 bridgehead atoms. The molecule has 0 amide bonds. The first-order chi connectivity index (χ1) is 11.2. The molecule has 0 radical (unpaired) electrons. The van der Waals surface area contributed by atoms with E-state index in [9.17, 15) is 9.90 Å². The second kappa shape index (κ2) is 9.31. The molecule has 1 N–H and O–H groups in total. The van der Waals surface area contributed by atoms with Crippen LogP contribution < -0.4 is 5.56 Å². The Morgan fingerprint density at radius 3 is 2.12 bits per heavy atom. The van der Waals surface area contributed by atoms with Gasteiger partial charge in [0.05, 0.1) is 18.9 Å². The summed E-state index contributed by atoms with van der Waals surface area (Å²) in [6, 6.07) is 4.98. The fourth-order valence-corrected chi connectivity index (χ4v) is 9.99. The van der Waals surface area contributed by atoms with Crippen LogP contribution in [0.4, 0.5) is 0 Å². The van der Waals surface area contributed by atoms with Crippen LogP contribution in [-0.4, -0.2) is 31.2 Å². The average molecular weight is 463 g/mol. The number of rotatable bonds is 8. The largest absolute Gasteiger partial charge is 0.411 e. The van der Waals surface area contributed by atoms with Gasteiger partial charge in [-0.2, -0.15) is 0 Å². The summed E-state index contributed by atoms with van der Waals surface area (Å²) in [5.74, 6) is 0. The predicted molar refractivity (Wildman–Crippen MR) is 112 cm³/mol. The van der Waals surface area contributed by atoms with E-state index in [4.69, 9.17) is 4.43 Å². The molecule has 1 aromatic rings. The molecule has 0 atom stereocenters. The molecule has 0 aromatic carbocycles. The van der Waals surface area contributed by atoms with E-state index in [0.717, 1.165) is 3.58 Å². The standard InChI is InChI=1S/C18H30INO3Si/c1-13(2)24(14(3)4,15(5)6)23-12-16(19)17(11-21)20-10-8-7-9-18(20)22/h7-10,13-15,21H,11-12H2,1-6H3/b17-16+. The molecule has 4 nitrogen and oxygen atoms in total. The third kappa shape index (κ3) is 4.59. The van der Waals surface area contributed by atoms with Crippen molar-refractivity contribution < 1.29 is 9.53 Å². The van der Waals surface area contributed by atoms with Gasteiger partial charge in [0.25, 0.3) is 5.56 Å². The lowest BCUT2D eigenvalue weighted by molar-refractivity contribution is 0.310. The summed E-state index contributed by atoms with van der Waals surface area (Å²) < 4.78 is 8.94. The van der Waals surface area contributed by atoms with Crippen LogP contribution >= 0.6 is 22.6 Å². The predicted octanol–water partition coefficient (Wildman–Crippen LogP) is 4.64. The summed E-state index contributed by atoms with van der Waals surface area (Å²) in [7, 11) is -1.97. The number of hydrogen-bond acceptors (Lipinski definition) is 3. The topological polar surface area (TPSA) is 51.5 Å². The summed E-state index contributed by atoms with van der Waals surface area (Å²) in [4.78, 5) is 12.0. The zero-order valence-corrected chi connectivity index (χ0v) is 18.7. The molecule has 0 saturated carbocycles. The van der Waals surface area contributed by atoms with Gasteiger partial charge in [-0.25, -0.2) is 0 Å². The number of halogens is 1. The van der Waals surface area contributed by atoms with E-state index in [2.05, 4.69) is 64.1 Å². The Kier molecular flexibility index (Phi) is 8.38. The van der Waals surface area contributed by atoms with Crippen molar-refractivity contribution in [2.75, 3.05) is 13.2 Å². The minimum atomic E-state index is -1.97. The SMILES string of the molecule is CC(C)[Si](OC/C(I)=C(/CO)n1ccccc1=O)(C(C)C)C(C)C. The Morgan fingerprint density at radius 2 is 1.71 bits per heavy atom. The van der Waals surface area contributed by atoms with Gasteiger partial charge < -0.3 is 9.53 Å². The number of nitrogens with zero attached hydrogens (tertiary/aromatic N) is 1. The monoisotopic (exact) mass is 463 g/mol. The van der Waals surface area contributed by atoms with Gasteiger partial charge in [-0.1, -0.05) is 47.6 Å². The molecule has 0 unspecified atom stereocenters. The van der Waals surface area contributed by atoms with E-state index in [0.29, 0.717) is 28.9 Å². The molecular formula is C18H30INO3Si. The molecule has 1 heterocycles. The molecule has 0 aliphatic carbocycles. The van der Waals surface area contributed by atoms with E-state index >= 15 is 0 Å². The van der Waals surface area contributed by atoms with Gasteiger partial charge in [-0.3, -0.25) is 9.36 Å². The first-order valence-corrected chi connectivity index (χ1v) is 11.7. The van der Waals surface area contributed by atoms with Crippen LogP contribution in [0.25, 0.3) is 5.70 Å². The smallest absolute Gasteiger partial charge is 0.254 e. The molecule has 6 heteroatoms. The van der Waals surface area contributed by atoms with E-state index in [1.165, 1.54) is 10.6 Å². The van der Waals surface area contributed by atoms with Crippen molar-refractivity contribution in [1.82, 2.24) is 4.57 Å². The quantitative estimate of drug-likeness (QED) is 0.452. The van der Waals surface area contributed by atoms with Crippen molar-refractivity contribution in [1.29, 1.82) is 0 Å². The Bertz CT molecular complexity index is 601. The third-order valence-corrected chi connectivity index (χ3v) is 11.7. The highest BCUT2D eigenvalue weighted by Crippen LogP contribution is 2.42. The Labute approximate surface area is 160 Å². The molecule has 0 spiro atoms. The normalized spacial score (nSPS) is 13.8. The molecule has 0 saturated heterocycles. The van der Waals surface area contributed by atoms with Gasteiger partial charge in [0.2, 0.25) is 8.32 Å². The lowest BCUT2D eigenvalue weighted by Crippen LogP contribution is -2.48. The highest BCUT2D eigenvalue weighted by molar-refractivity contribution is 14.1. The molecule has 0 fully saturated rings. The molecule has 1 aromatic heterocycles. The first kappa shape index (κ1) is 21.6. The summed E-state index contributed by atoms with van der Waals surface area (Å²) in [5, 5.41) is 9.76. The number of hydrogen-bond donors (Lipinski definition) is 1. The number of aliphatic hydroxyl groups excluding tert-OH is 1. The van der Waals surface area contributed by atoms with E-state index in [1.807, 2.05) is 0 Å². The van der Waals surface area contributed by atoms with Crippen LogP contribution in [0.15, 0.2) is 32.8 Å². The maximum atomic E-state index is 12.0. The number of pyridine rings is 1. The lowest BCUT2D eigenvalue weighted by Gasteiger charge is -2.42. The van der Waals surface area contributed by atoms with Gasteiger partial charge in [0.1, 0.15) is 0 Å². The first-order valence-electron chi connectivity index (χ1n) is 8.48. The van der Waals surface area contributed by atoms with Gasteiger partial charge in [-0.15, -0.1) is 0 Å². The fourth-order valence-electron chi connectivity index (χ4n) is 3.71. The number of aliphatic hydroxyl groups is 1. The highest BCUT2D eigenvalue weighted by Gasteiger charge is 2.45. The van der Waals surface area contributed by atoms with Gasteiger partial charge in [0, 0.05) is 15.8 Å². The Hall–Kier alpha value is -0.443. The molecule has 0 aliphatic heterocycles. The van der Waals surface area contributed by atoms with Crippen molar-refractivity contribution >= 4 is 36.6 Å². The molecule has 24 heavy (non-hydrogen) atoms. The van der Waals surface area contributed by atoms with Crippen LogP contribution in [0.5, 0.6) is 0 Å². The molecule has 136 valence electrons. The third-order valence-electron chi connectivity index (χ3n) is 4.73. The lowest BCUT2D eigenvalue weighted by atomic mass is 10.3. The molecule has 0 aliphatic rings. The zero-order valence-electron chi connectivity index (χ0n) is 15.5. The van der Waals surface area contributed by atoms with Gasteiger partial charge in [0.15, 0.2) is 0 Å². The Morgan fingerprint density at radius 1 is 1.17 bits per heavy atom. The van der Waals surface area contributed by atoms with Gasteiger partial charge in [-0.05, 0) is 45.3 Å². The van der Waals surface area contributed by atoms with E-state index < -0.39 is 8.32 Å². The second-order valence-corrected chi connectivity index (χ2v) is 13.8. The minimum Gasteiger partial charge on any atom is -0.411 e. The fraction of sp³-hybridized carbons (Fsp3) is 0.611. The van der Waals surface area contributed by atoms with Crippen molar-refractivity contribution in [2.45, 2.75) is 58.2 Å². The Balaban J connectivity index is 3.17. The molecular weight excluding hydrogens is 433 g/mol. The minimum absolute atomic E-state index is 0.143. The van der Waals surface area contributed by atoms with Gasteiger partial charge >= 0.3 is 0 Å². The van der Waals surface area contributed by atoms with Crippen molar-refractivity contribution in [3.8, 4) is 0 Å². The van der Waals surface area contributed by atoms with E-state index in [-0.39, 0.29) is 12.2 Å². The average Bonchev–Trinajstić information content (AvgIpc) is 2.49. The summed E-state index contributed by atoms with van der Waals surface area (Å²) in [6.45, 7) is 13.7. The summed E-state index contributed by atoms with van der Waals surface area (Å²) in [6.07, 6.45) is 1.69. The maximum Gasteiger partial charge on any atom is 0.254 e. The van der Waals surface area contributed by atoms with Crippen molar-refractivity contribution in [3.05, 3.63) is 38.3 Å². The van der Waals surface area contributed by atoms with Crippen LogP contribution in [-0.2, 0) is 4.43 Å². The van der Waals surface area contributed by atoms with Crippen molar-refractivity contribution in [2.24, 2.45) is 0 Å². The van der Waals surface area contributed by atoms with E-state index in [1.54, 1.807) is 18.3 Å². The van der Waals surface area contributed by atoms with Crippen LogP contribution in [0, 0.1) is 0 Å². The highest BCUT2D eigenvalue weighted by atomic mass is 127. The van der Waals surface area contributed by atoms with Crippen LogP contribution in [0.3, 0.4) is 0 Å². The van der Waals surface area contributed by atoms with Crippen LogP contribution in [0.1, 0.15) is 41.5 Å². The second-order valence-electron chi connectivity index (χ2n) is 7.02. The maximum absolute atomic E-state index is 12.0. The molecule has 1 rings (SSSR count). The zero-order chi connectivity index (χ0) is 18.5. The van der Waals surface area contributed by atoms with Crippen LogP contribution in [0.2, 0.25) is 16.6 Å². The van der Waals surface area contributed by atoms with Crippen molar-refractivity contribution in [3.63, 3.8) is 0 Å². The summed E-state index contributed by atoms with van der Waals surface area (Å²) in [5.41, 5.74) is 1.95.